The molecule has 5 nitrogen and oxygen atoms in total. The maximum absolute atomic E-state index is 12.8. The van der Waals surface area contributed by atoms with Gasteiger partial charge in [0, 0.05) is 18.6 Å². The van der Waals surface area contributed by atoms with Gasteiger partial charge in [0.25, 0.3) is 5.91 Å². The highest BCUT2D eigenvalue weighted by atomic mass is 35.5. The van der Waals surface area contributed by atoms with Crippen LogP contribution in [0.5, 0.6) is 5.75 Å². The first-order valence-electron chi connectivity index (χ1n) is 8.36. The Balaban J connectivity index is 2.13. The molecule has 0 heterocycles. The van der Waals surface area contributed by atoms with Crippen molar-refractivity contribution in [2.45, 2.75) is 26.4 Å². The SMILES string of the molecule is CNC(=O)[C@H](C)N(Cc1ccc(Cl)cc1)C(=O)COc1ccccc1C. The monoisotopic (exact) mass is 374 g/mol. The first-order valence-corrected chi connectivity index (χ1v) is 8.74. The zero-order chi connectivity index (χ0) is 19.1. The molecule has 0 fully saturated rings. The molecular weight excluding hydrogens is 352 g/mol. The fourth-order valence-corrected chi connectivity index (χ4v) is 2.64. The van der Waals surface area contributed by atoms with E-state index in [-0.39, 0.29) is 18.4 Å². The number of rotatable bonds is 7. The van der Waals surface area contributed by atoms with Crippen molar-refractivity contribution in [3.8, 4) is 5.75 Å². The summed E-state index contributed by atoms with van der Waals surface area (Å²) in [6, 6.07) is 14.1. The van der Waals surface area contributed by atoms with Crippen LogP contribution in [0.15, 0.2) is 48.5 Å². The minimum Gasteiger partial charge on any atom is -0.484 e. The van der Waals surface area contributed by atoms with Crippen LogP contribution < -0.4 is 10.1 Å². The number of ether oxygens (including phenoxy) is 1. The lowest BCUT2D eigenvalue weighted by Crippen LogP contribution is -2.48. The number of aryl methyl sites for hydroxylation is 1. The smallest absolute Gasteiger partial charge is 0.261 e. The van der Waals surface area contributed by atoms with Gasteiger partial charge in [0.15, 0.2) is 6.61 Å². The van der Waals surface area contributed by atoms with E-state index < -0.39 is 6.04 Å². The lowest BCUT2D eigenvalue weighted by molar-refractivity contribution is -0.142. The molecule has 6 heteroatoms. The van der Waals surface area contributed by atoms with Gasteiger partial charge in [0.05, 0.1) is 0 Å². The summed E-state index contributed by atoms with van der Waals surface area (Å²) in [5.41, 5.74) is 1.83. The molecular formula is C20H23ClN2O3. The van der Waals surface area contributed by atoms with Crippen LogP contribution in [0, 0.1) is 6.92 Å². The fraction of sp³-hybridized carbons (Fsp3) is 0.300. The van der Waals surface area contributed by atoms with Crippen molar-refractivity contribution in [1.29, 1.82) is 0 Å². The number of carbonyl (C=O) groups is 2. The summed E-state index contributed by atoms with van der Waals surface area (Å²) in [5, 5.41) is 3.20. The van der Waals surface area contributed by atoms with Crippen molar-refractivity contribution in [3.63, 3.8) is 0 Å². The highest BCUT2D eigenvalue weighted by molar-refractivity contribution is 6.30. The Labute approximate surface area is 158 Å². The van der Waals surface area contributed by atoms with Gasteiger partial charge in [-0.15, -0.1) is 0 Å². The van der Waals surface area contributed by atoms with Crippen LogP contribution >= 0.6 is 11.6 Å². The van der Waals surface area contributed by atoms with E-state index in [0.717, 1.165) is 11.1 Å². The van der Waals surface area contributed by atoms with Gasteiger partial charge in [-0.05, 0) is 43.2 Å². The van der Waals surface area contributed by atoms with Gasteiger partial charge in [-0.2, -0.15) is 0 Å². The van der Waals surface area contributed by atoms with Crippen molar-refractivity contribution in [2.75, 3.05) is 13.7 Å². The zero-order valence-corrected chi connectivity index (χ0v) is 15.9. The average Bonchev–Trinajstić information content (AvgIpc) is 2.65. The minimum atomic E-state index is -0.622. The predicted octanol–water partition coefficient (Wildman–Crippen LogP) is 3.19. The van der Waals surface area contributed by atoms with Crippen LogP contribution in [-0.4, -0.2) is 36.4 Å². The van der Waals surface area contributed by atoms with Gasteiger partial charge >= 0.3 is 0 Å². The lowest BCUT2D eigenvalue weighted by Gasteiger charge is -2.28. The Morgan fingerprint density at radius 2 is 1.81 bits per heavy atom. The highest BCUT2D eigenvalue weighted by Gasteiger charge is 2.25. The second kappa shape index (κ2) is 9.25. The largest absolute Gasteiger partial charge is 0.484 e. The number of benzene rings is 2. The van der Waals surface area contributed by atoms with Gasteiger partial charge in [-0.25, -0.2) is 0 Å². The summed E-state index contributed by atoms with van der Waals surface area (Å²) < 4.78 is 5.66. The number of halogens is 1. The Hall–Kier alpha value is -2.53. The van der Waals surface area contributed by atoms with E-state index in [1.54, 1.807) is 26.1 Å². The van der Waals surface area contributed by atoms with Crippen LogP contribution in [0.1, 0.15) is 18.1 Å². The van der Waals surface area contributed by atoms with E-state index in [9.17, 15) is 9.59 Å². The fourth-order valence-electron chi connectivity index (χ4n) is 2.52. The number of para-hydroxylation sites is 1. The summed E-state index contributed by atoms with van der Waals surface area (Å²) in [6.07, 6.45) is 0. The molecule has 1 N–H and O–H groups in total. The minimum absolute atomic E-state index is 0.139. The summed E-state index contributed by atoms with van der Waals surface area (Å²) in [5.74, 6) is 0.155. The maximum Gasteiger partial charge on any atom is 0.261 e. The van der Waals surface area contributed by atoms with Crippen molar-refractivity contribution in [2.24, 2.45) is 0 Å². The van der Waals surface area contributed by atoms with Crippen LogP contribution in [-0.2, 0) is 16.1 Å². The first kappa shape index (κ1) is 19.8. The van der Waals surface area contributed by atoms with Crippen molar-refractivity contribution in [1.82, 2.24) is 10.2 Å². The van der Waals surface area contributed by atoms with Gasteiger partial charge in [0.2, 0.25) is 5.91 Å². The third-order valence-corrected chi connectivity index (χ3v) is 4.38. The zero-order valence-electron chi connectivity index (χ0n) is 15.2. The van der Waals surface area contributed by atoms with Gasteiger partial charge in [-0.3, -0.25) is 9.59 Å². The van der Waals surface area contributed by atoms with Crippen molar-refractivity contribution < 1.29 is 14.3 Å². The Kier molecular flexibility index (Phi) is 7.04. The normalized spacial score (nSPS) is 11.5. The molecule has 0 aromatic heterocycles. The van der Waals surface area contributed by atoms with E-state index in [4.69, 9.17) is 16.3 Å². The van der Waals surface area contributed by atoms with Gasteiger partial charge < -0.3 is 15.0 Å². The predicted molar refractivity (Wildman–Crippen MR) is 102 cm³/mol. The number of amides is 2. The molecule has 1 atom stereocenters. The van der Waals surface area contributed by atoms with E-state index in [1.807, 2.05) is 43.3 Å². The number of hydrogen-bond acceptors (Lipinski definition) is 3. The van der Waals surface area contributed by atoms with Crippen LogP contribution in [0.25, 0.3) is 0 Å². The maximum atomic E-state index is 12.8. The number of hydrogen-bond donors (Lipinski definition) is 1. The molecule has 0 unspecified atom stereocenters. The second-order valence-corrected chi connectivity index (χ2v) is 6.43. The number of likely N-dealkylation sites (N-methyl/N-ethyl adjacent to an activating group) is 1. The molecule has 2 aromatic carbocycles. The molecule has 2 amide bonds. The molecule has 2 rings (SSSR count). The molecule has 0 spiro atoms. The van der Waals surface area contributed by atoms with E-state index >= 15 is 0 Å². The molecule has 0 bridgehead atoms. The topological polar surface area (TPSA) is 58.6 Å². The molecule has 2 aromatic rings. The molecule has 138 valence electrons. The average molecular weight is 375 g/mol. The van der Waals surface area contributed by atoms with Gasteiger partial charge in [-0.1, -0.05) is 41.9 Å². The summed E-state index contributed by atoms with van der Waals surface area (Å²) in [7, 11) is 1.55. The molecule has 0 radical (unpaired) electrons. The number of nitrogens with zero attached hydrogens (tertiary/aromatic N) is 1. The Morgan fingerprint density at radius 3 is 2.42 bits per heavy atom. The lowest BCUT2D eigenvalue weighted by atomic mass is 10.1. The number of carbonyl (C=O) groups excluding carboxylic acids is 2. The molecule has 0 aliphatic rings. The summed E-state index contributed by atoms with van der Waals surface area (Å²) in [4.78, 5) is 26.3. The molecule has 0 saturated heterocycles. The van der Waals surface area contributed by atoms with Crippen molar-refractivity contribution in [3.05, 3.63) is 64.7 Å². The number of nitrogens with one attached hydrogen (secondary N) is 1. The van der Waals surface area contributed by atoms with Crippen LogP contribution in [0.4, 0.5) is 0 Å². The quantitative estimate of drug-likeness (QED) is 0.809. The van der Waals surface area contributed by atoms with Crippen LogP contribution in [0.3, 0.4) is 0 Å². The van der Waals surface area contributed by atoms with E-state index in [2.05, 4.69) is 5.32 Å². The van der Waals surface area contributed by atoms with Crippen LogP contribution in [0.2, 0.25) is 5.02 Å². The molecule has 0 saturated carbocycles. The summed E-state index contributed by atoms with van der Waals surface area (Å²) in [6.45, 7) is 3.76. The Bertz CT molecular complexity index is 762. The summed E-state index contributed by atoms with van der Waals surface area (Å²) >= 11 is 5.91. The highest BCUT2D eigenvalue weighted by Crippen LogP contribution is 2.17. The molecule has 0 aliphatic heterocycles. The standard InChI is InChI=1S/C20H23ClN2O3/c1-14-6-4-5-7-18(14)26-13-19(24)23(15(2)20(25)22-3)12-16-8-10-17(21)11-9-16/h4-11,15H,12-13H2,1-3H3,(H,22,25)/t15-/m0/s1. The molecule has 0 aliphatic carbocycles. The third kappa shape index (κ3) is 5.23. The second-order valence-electron chi connectivity index (χ2n) is 5.99. The van der Waals surface area contributed by atoms with E-state index in [0.29, 0.717) is 17.3 Å². The van der Waals surface area contributed by atoms with Crippen molar-refractivity contribution >= 4 is 23.4 Å². The van der Waals surface area contributed by atoms with E-state index in [1.165, 1.54) is 4.90 Å². The first-order chi connectivity index (χ1) is 12.4. The van der Waals surface area contributed by atoms with Gasteiger partial charge in [0.1, 0.15) is 11.8 Å². The Morgan fingerprint density at radius 1 is 1.15 bits per heavy atom. The third-order valence-electron chi connectivity index (χ3n) is 4.12. The molecule has 26 heavy (non-hydrogen) atoms.